The molecule has 1 aromatic heterocycles. The van der Waals surface area contributed by atoms with Crippen LogP contribution in [0.4, 0.5) is 5.69 Å². The van der Waals surface area contributed by atoms with Gasteiger partial charge in [-0.3, -0.25) is 9.78 Å². The lowest BCUT2D eigenvalue weighted by Crippen LogP contribution is -2.31. The van der Waals surface area contributed by atoms with Crippen LogP contribution in [0.3, 0.4) is 0 Å². The monoisotopic (exact) mass is 263 g/mol. The fourth-order valence-corrected chi connectivity index (χ4v) is 2.47. The molecule has 1 aliphatic heterocycles. The van der Waals surface area contributed by atoms with Crippen LogP contribution in [0, 0.1) is 12.8 Å². The van der Waals surface area contributed by atoms with Crippen molar-refractivity contribution < 1.29 is 9.90 Å². The van der Waals surface area contributed by atoms with Gasteiger partial charge in [-0.25, -0.2) is 0 Å². The molecule has 19 heavy (non-hydrogen) atoms. The maximum Gasteiger partial charge on any atom is 0.257 e. The van der Waals surface area contributed by atoms with Crippen LogP contribution < -0.4 is 5.32 Å². The molecule has 0 aliphatic carbocycles. The molecule has 2 unspecified atom stereocenters. The van der Waals surface area contributed by atoms with Gasteiger partial charge in [0.1, 0.15) is 0 Å². The number of aliphatic hydroxyl groups is 1. The minimum Gasteiger partial charge on any atom is -0.393 e. The van der Waals surface area contributed by atoms with Crippen LogP contribution >= 0.6 is 0 Å². The van der Waals surface area contributed by atoms with Gasteiger partial charge in [0.15, 0.2) is 0 Å². The molecule has 1 aliphatic rings. The van der Waals surface area contributed by atoms with Gasteiger partial charge in [0, 0.05) is 37.9 Å². The van der Waals surface area contributed by atoms with E-state index >= 15 is 0 Å². The van der Waals surface area contributed by atoms with Gasteiger partial charge in [0.05, 0.1) is 17.4 Å². The number of rotatable bonds is 3. The lowest BCUT2D eigenvalue weighted by atomic mass is 10.0. The van der Waals surface area contributed by atoms with Crippen molar-refractivity contribution in [1.82, 2.24) is 9.88 Å². The second-order valence-corrected chi connectivity index (χ2v) is 5.16. The van der Waals surface area contributed by atoms with E-state index < -0.39 is 0 Å². The van der Waals surface area contributed by atoms with E-state index in [-0.39, 0.29) is 17.9 Å². The summed E-state index contributed by atoms with van der Waals surface area (Å²) in [6.45, 7) is 5.00. The number of nitrogens with zero attached hydrogens (tertiary/aromatic N) is 2. The van der Waals surface area contributed by atoms with E-state index in [0.29, 0.717) is 18.7 Å². The molecule has 0 bridgehead atoms. The zero-order chi connectivity index (χ0) is 14.0. The van der Waals surface area contributed by atoms with Crippen molar-refractivity contribution in [2.45, 2.75) is 26.4 Å². The first-order chi connectivity index (χ1) is 9.02. The average Bonchev–Trinajstić information content (AvgIpc) is 2.87. The van der Waals surface area contributed by atoms with Crippen molar-refractivity contribution in [1.29, 1.82) is 0 Å². The molecule has 0 saturated carbocycles. The topological polar surface area (TPSA) is 65.5 Å². The summed E-state index contributed by atoms with van der Waals surface area (Å²) in [6, 6.07) is 1.87. The number of hydrogen-bond donors (Lipinski definition) is 2. The summed E-state index contributed by atoms with van der Waals surface area (Å²) in [7, 11) is 1.80. The van der Waals surface area contributed by atoms with Crippen LogP contribution in [-0.2, 0) is 0 Å². The van der Waals surface area contributed by atoms with Crippen LogP contribution in [0.2, 0.25) is 0 Å². The third-order valence-electron chi connectivity index (χ3n) is 3.73. The molecule has 0 radical (unpaired) electrons. The van der Waals surface area contributed by atoms with Crippen LogP contribution in [0.5, 0.6) is 0 Å². The highest BCUT2D eigenvalue weighted by atomic mass is 16.3. The molecule has 2 N–H and O–H groups in total. The molecule has 2 heterocycles. The smallest absolute Gasteiger partial charge is 0.257 e. The molecule has 2 rings (SSSR count). The lowest BCUT2D eigenvalue weighted by Gasteiger charge is -2.19. The maximum absolute atomic E-state index is 12.5. The Balaban J connectivity index is 2.17. The van der Waals surface area contributed by atoms with E-state index in [1.54, 1.807) is 25.1 Å². The SMILES string of the molecule is CNc1cc(C)ncc1C(=O)N1CCC(C(C)O)C1. The van der Waals surface area contributed by atoms with Crippen LogP contribution in [0.15, 0.2) is 12.3 Å². The van der Waals surface area contributed by atoms with Gasteiger partial charge in [-0.1, -0.05) is 0 Å². The number of hydrogen-bond acceptors (Lipinski definition) is 4. The number of likely N-dealkylation sites (tertiary alicyclic amines) is 1. The summed E-state index contributed by atoms with van der Waals surface area (Å²) in [5.74, 6) is 0.167. The molecule has 1 saturated heterocycles. The Labute approximate surface area is 113 Å². The summed E-state index contributed by atoms with van der Waals surface area (Å²) in [4.78, 5) is 18.5. The summed E-state index contributed by atoms with van der Waals surface area (Å²) in [6.07, 6.45) is 2.12. The predicted molar refractivity (Wildman–Crippen MR) is 74.2 cm³/mol. The molecule has 104 valence electrons. The van der Waals surface area contributed by atoms with Crippen molar-refractivity contribution in [3.8, 4) is 0 Å². The first-order valence-electron chi connectivity index (χ1n) is 6.64. The van der Waals surface area contributed by atoms with Crippen LogP contribution in [0.1, 0.15) is 29.4 Å². The predicted octanol–water partition coefficient (Wildman–Crippen LogP) is 1.27. The van der Waals surface area contributed by atoms with Gasteiger partial charge in [-0.15, -0.1) is 0 Å². The number of aliphatic hydroxyl groups excluding tert-OH is 1. The van der Waals surface area contributed by atoms with Crippen LogP contribution in [-0.4, -0.2) is 47.1 Å². The van der Waals surface area contributed by atoms with Gasteiger partial charge in [-0.2, -0.15) is 0 Å². The van der Waals surface area contributed by atoms with E-state index in [4.69, 9.17) is 0 Å². The third-order valence-corrected chi connectivity index (χ3v) is 3.73. The van der Waals surface area contributed by atoms with Crippen LogP contribution in [0.25, 0.3) is 0 Å². The lowest BCUT2D eigenvalue weighted by molar-refractivity contribution is 0.0763. The molecule has 0 spiro atoms. The van der Waals surface area contributed by atoms with Gasteiger partial charge < -0.3 is 15.3 Å². The van der Waals surface area contributed by atoms with Crippen molar-refractivity contribution in [3.05, 3.63) is 23.5 Å². The number of anilines is 1. The number of aryl methyl sites for hydroxylation is 1. The number of carbonyl (C=O) groups is 1. The second-order valence-electron chi connectivity index (χ2n) is 5.16. The molecular weight excluding hydrogens is 242 g/mol. The normalized spacial score (nSPS) is 20.4. The summed E-state index contributed by atoms with van der Waals surface area (Å²) >= 11 is 0. The number of carbonyl (C=O) groups excluding carboxylic acids is 1. The van der Waals surface area contributed by atoms with E-state index in [9.17, 15) is 9.90 Å². The quantitative estimate of drug-likeness (QED) is 0.862. The third kappa shape index (κ3) is 2.87. The zero-order valence-corrected chi connectivity index (χ0v) is 11.7. The number of amides is 1. The van der Waals surface area contributed by atoms with Gasteiger partial charge in [0.25, 0.3) is 5.91 Å². The van der Waals surface area contributed by atoms with Gasteiger partial charge in [0.2, 0.25) is 0 Å². The molecule has 5 nitrogen and oxygen atoms in total. The van der Waals surface area contributed by atoms with Crippen molar-refractivity contribution in [3.63, 3.8) is 0 Å². The highest BCUT2D eigenvalue weighted by Gasteiger charge is 2.30. The Bertz CT molecular complexity index is 474. The van der Waals surface area contributed by atoms with Crippen molar-refractivity contribution in [2.75, 3.05) is 25.5 Å². The fraction of sp³-hybridized carbons (Fsp3) is 0.571. The van der Waals surface area contributed by atoms with E-state index in [2.05, 4.69) is 10.3 Å². The standard InChI is InChI=1S/C14H21N3O2/c1-9-6-13(15-3)12(7-16-9)14(19)17-5-4-11(8-17)10(2)18/h6-7,10-11,18H,4-5,8H2,1-3H3,(H,15,16). The zero-order valence-electron chi connectivity index (χ0n) is 11.7. The molecule has 2 atom stereocenters. The Morgan fingerprint density at radius 1 is 1.63 bits per heavy atom. The molecule has 5 heteroatoms. The largest absolute Gasteiger partial charge is 0.393 e. The first-order valence-corrected chi connectivity index (χ1v) is 6.64. The number of aromatic nitrogens is 1. The maximum atomic E-state index is 12.5. The van der Waals surface area contributed by atoms with Crippen molar-refractivity contribution >= 4 is 11.6 Å². The highest BCUT2D eigenvalue weighted by molar-refractivity contribution is 5.99. The second kappa shape index (κ2) is 5.57. The molecule has 1 aromatic rings. The number of pyridine rings is 1. The Morgan fingerprint density at radius 2 is 2.37 bits per heavy atom. The minimum absolute atomic E-state index is 0.0139. The van der Waals surface area contributed by atoms with E-state index in [1.165, 1.54) is 0 Å². The van der Waals surface area contributed by atoms with Crippen molar-refractivity contribution in [2.24, 2.45) is 5.92 Å². The van der Waals surface area contributed by atoms with Gasteiger partial charge in [-0.05, 0) is 26.3 Å². The fourth-order valence-electron chi connectivity index (χ4n) is 2.47. The summed E-state index contributed by atoms with van der Waals surface area (Å²) in [5, 5.41) is 12.6. The van der Waals surface area contributed by atoms with E-state index in [0.717, 1.165) is 17.8 Å². The highest BCUT2D eigenvalue weighted by Crippen LogP contribution is 2.24. The molecule has 0 aromatic carbocycles. The van der Waals surface area contributed by atoms with E-state index in [1.807, 2.05) is 13.0 Å². The molecular formula is C14H21N3O2. The Kier molecular flexibility index (Phi) is 4.04. The Morgan fingerprint density at radius 3 is 2.95 bits per heavy atom. The first kappa shape index (κ1) is 13.8. The minimum atomic E-state index is -0.363. The average molecular weight is 263 g/mol. The summed E-state index contributed by atoms with van der Waals surface area (Å²) < 4.78 is 0. The summed E-state index contributed by atoms with van der Waals surface area (Å²) in [5.41, 5.74) is 2.28. The van der Waals surface area contributed by atoms with Gasteiger partial charge >= 0.3 is 0 Å². The molecule has 1 fully saturated rings. The Hall–Kier alpha value is -1.62. The number of nitrogens with one attached hydrogen (secondary N) is 1. The molecule has 1 amide bonds.